The van der Waals surface area contributed by atoms with Crippen LogP contribution in [0, 0.1) is 0 Å². The van der Waals surface area contributed by atoms with Crippen molar-refractivity contribution in [2.75, 3.05) is 6.54 Å². The van der Waals surface area contributed by atoms with Crippen LogP contribution in [0.5, 0.6) is 5.75 Å². The molecule has 1 aromatic heterocycles. The minimum atomic E-state index is -4.79. The lowest BCUT2D eigenvalue weighted by Crippen LogP contribution is -2.28. The van der Waals surface area contributed by atoms with Gasteiger partial charge < -0.3 is 19.6 Å². The second-order valence-electron chi connectivity index (χ2n) is 4.99. The average Bonchev–Trinajstić information content (AvgIpc) is 3.04. The molecule has 0 aliphatic carbocycles. The van der Waals surface area contributed by atoms with Gasteiger partial charge in [-0.2, -0.15) is 0 Å². The number of furan rings is 1. The Kier molecular flexibility index (Phi) is 5.86. The molecule has 0 aliphatic rings. The molecular weight excluding hydrogens is 327 g/mol. The molecule has 130 valence electrons. The smallest absolute Gasteiger partial charge is 0.467 e. The average molecular weight is 343 g/mol. The largest absolute Gasteiger partial charge is 0.573 e. The molecule has 2 aromatic rings. The Labute approximate surface area is 136 Å². The zero-order chi connectivity index (χ0) is 17.6. The Morgan fingerprint density at radius 1 is 1.25 bits per heavy atom. The fraction of sp³-hybridized carbons (Fsp3) is 0.312. The molecule has 2 N–H and O–H groups in total. The molecule has 24 heavy (non-hydrogen) atoms. The molecule has 5 nitrogen and oxygen atoms in total. The topological polar surface area (TPSA) is 71.7 Å². The van der Waals surface area contributed by atoms with E-state index in [2.05, 4.69) is 10.1 Å². The normalized spacial score (nSPS) is 12.7. The highest BCUT2D eigenvalue weighted by molar-refractivity contribution is 5.76. The molecule has 0 aliphatic heterocycles. The van der Waals surface area contributed by atoms with Gasteiger partial charge in [-0.25, -0.2) is 0 Å². The van der Waals surface area contributed by atoms with E-state index in [9.17, 15) is 23.1 Å². The van der Waals surface area contributed by atoms with Crippen molar-refractivity contribution in [2.24, 2.45) is 0 Å². The third kappa shape index (κ3) is 5.62. The quantitative estimate of drug-likeness (QED) is 0.811. The summed E-state index contributed by atoms with van der Waals surface area (Å²) in [6, 6.07) is 8.83. The standard InChI is InChI=1S/C16H16F3NO4/c17-16(18,19)24-13-5-2-1-4-11(13)7-8-15(22)20-10-12(21)14-6-3-9-23-14/h1-6,9,12,21H,7-8,10H2,(H,20,22). The number of halogens is 3. The van der Waals surface area contributed by atoms with Crippen LogP contribution < -0.4 is 10.1 Å². The number of nitrogens with one attached hydrogen (secondary N) is 1. The van der Waals surface area contributed by atoms with Gasteiger partial charge in [-0.1, -0.05) is 18.2 Å². The Hall–Kier alpha value is -2.48. The predicted molar refractivity (Wildman–Crippen MR) is 78.1 cm³/mol. The van der Waals surface area contributed by atoms with Crippen molar-refractivity contribution < 1.29 is 32.2 Å². The van der Waals surface area contributed by atoms with E-state index in [0.29, 0.717) is 5.76 Å². The zero-order valence-corrected chi connectivity index (χ0v) is 12.5. The van der Waals surface area contributed by atoms with E-state index in [1.165, 1.54) is 24.5 Å². The summed E-state index contributed by atoms with van der Waals surface area (Å²) in [6.07, 6.45) is -4.33. The van der Waals surface area contributed by atoms with E-state index >= 15 is 0 Å². The second kappa shape index (κ2) is 7.87. The molecule has 1 aromatic carbocycles. The van der Waals surface area contributed by atoms with Gasteiger partial charge in [-0.05, 0) is 30.2 Å². The first-order valence-electron chi connectivity index (χ1n) is 7.17. The van der Waals surface area contributed by atoms with Crippen molar-refractivity contribution in [2.45, 2.75) is 25.3 Å². The summed E-state index contributed by atoms with van der Waals surface area (Å²) in [5.41, 5.74) is 0.275. The number of rotatable bonds is 7. The van der Waals surface area contributed by atoms with Gasteiger partial charge in [-0.3, -0.25) is 4.79 Å². The third-order valence-electron chi connectivity index (χ3n) is 3.18. The van der Waals surface area contributed by atoms with Crippen LogP contribution in [0.25, 0.3) is 0 Å². The van der Waals surface area contributed by atoms with Crippen LogP contribution in [0.1, 0.15) is 23.8 Å². The van der Waals surface area contributed by atoms with E-state index in [4.69, 9.17) is 4.42 Å². The maximum Gasteiger partial charge on any atom is 0.573 e. The number of amides is 1. The van der Waals surface area contributed by atoms with Crippen LogP contribution in [0.4, 0.5) is 13.2 Å². The van der Waals surface area contributed by atoms with E-state index < -0.39 is 18.4 Å². The molecule has 0 bridgehead atoms. The molecular formula is C16H16F3NO4. The van der Waals surface area contributed by atoms with Crippen molar-refractivity contribution in [3.63, 3.8) is 0 Å². The molecule has 0 saturated carbocycles. The van der Waals surface area contributed by atoms with Crippen molar-refractivity contribution >= 4 is 5.91 Å². The predicted octanol–water partition coefficient (Wildman–Crippen LogP) is 2.96. The van der Waals surface area contributed by atoms with Crippen molar-refractivity contribution in [1.82, 2.24) is 5.32 Å². The summed E-state index contributed by atoms with van der Waals surface area (Å²) in [4.78, 5) is 11.8. The Bertz CT molecular complexity index is 656. The van der Waals surface area contributed by atoms with Crippen LogP contribution in [-0.2, 0) is 11.2 Å². The molecule has 1 unspecified atom stereocenters. The first kappa shape index (κ1) is 17.9. The Balaban J connectivity index is 1.83. The summed E-state index contributed by atoms with van der Waals surface area (Å²) in [5.74, 6) is -0.407. The summed E-state index contributed by atoms with van der Waals surface area (Å²) in [7, 11) is 0. The van der Waals surface area contributed by atoms with Gasteiger partial charge in [0.1, 0.15) is 17.6 Å². The number of aliphatic hydroxyl groups excluding tert-OH is 1. The van der Waals surface area contributed by atoms with Crippen LogP contribution in [0.15, 0.2) is 47.1 Å². The number of hydrogen-bond donors (Lipinski definition) is 2. The third-order valence-corrected chi connectivity index (χ3v) is 3.18. The molecule has 8 heteroatoms. The molecule has 0 spiro atoms. The number of carbonyl (C=O) groups excluding carboxylic acids is 1. The first-order valence-corrected chi connectivity index (χ1v) is 7.17. The van der Waals surface area contributed by atoms with Gasteiger partial charge in [0.2, 0.25) is 5.91 Å². The Morgan fingerprint density at radius 2 is 2.00 bits per heavy atom. The van der Waals surface area contributed by atoms with E-state index in [1.54, 1.807) is 18.2 Å². The van der Waals surface area contributed by atoms with E-state index in [-0.39, 0.29) is 30.7 Å². The molecule has 0 saturated heterocycles. The van der Waals surface area contributed by atoms with Gasteiger partial charge in [0.25, 0.3) is 0 Å². The van der Waals surface area contributed by atoms with Crippen molar-refractivity contribution in [3.8, 4) is 5.75 Å². The molecule has 1 heterocycles. The SMILES string of the molecule is O=C(CCc1ccccc1OC(F)(F)F)NCC(O)c1ccco1. The highest BCUT2D eigenvalue weighted by atomic mass is 19.4. The van der Waals surface area contributed by atoms with Crippen LogP contribution in [-0.4, -0.2) is 23.9 Å². The fourth-order valence-electron chi connectivity index (χ4n) is 2.06. The number of alkyl halides is 3. The van der Waals surface area contributed by atoms with Crippen molar-refractivity contribution in [3.05, 3.63) is 54.0 Å². The molecule has 1 amide bonds. The lowest BCUT2D eigenvalue weighted by atomic mass is 10.1. The lowest BCUT2D eigenvalue weighted by Gasteiger charge is -2.13. The summed E-state index contributed by atoms with van der Waals surface area (Å²) >= 11 is 0. The number of aliphatic hydroxyl groups is 1. The number of benzene rings is 1. The number of para-hydroxylation sites is 1. The van der Waals surface area contributed by atoms with Gasteiger partial charge >= 0.3 is 6.36 Å². The summed E-state index contributed by atoms with van der Waals surface area (Å²) < 4.78 is 45.9. The lowest BCUT2D eigenvalue weighted by molar-refractivity contribution is -0.274. The fourth-order valence-corrected chi connectivity index (χ4v) is 2.06. The van der Waals surface area contributed by atoms with E-state index in [0.717, 1.165) is 0 Å². The van der Waals surface area contributed by atoms with Crippen molar-refractivity contribution in [1.29, 1.82) is 0 Å². The second-order valence-corrected chi connectivity index (χ2v) is 4.99. The number of carbonyl (C=O) groups is 1. The molecule has 1 atom stereocenters. The molecule has 0 radical (unpaired) electrons. The number of ether oxygens (including phenoxy) is 1. The summed E-state index contributed by atoms with van der Waals surface area (Å²) in [6.45, 7) is -0.0486. The van der Waals surface area contributed by atoms with Gasteiger partial charge in [-0.15, -0.1) is 13.2 Å². The first-order chi connectivity index (χ1) is 11.3. The highest BCUT2D eigenvalue weighted by Gasteiger charge is 2.31. The van der Waals surface area contributed by atoms with E-state index in [1.807, 2.05) is 0 Å². The van der Waals surface area contributed by atoms with Gasteiger partial charge in [0.15, 0.2) is 0 Å². The minimum absolute atomic E-state index is 0.0386. The Morgan fingerprint density at radius 3 is 2.67 bits per heavy atom. The molecule has 2 rings (SSSR count). The molecule has 0 fully saturated rings. The van der Waals surface area contributed by atoms with Crippen LogP contribution in [0.2, 0.25) is 0 Å². The van der Waals surface area contributed by atoms with Gasteiger partial charge in [0.05, 0.1) is 12.8 Å². The maximum absolute atomic E-state index is 12.3. The highest BCUT2D eigenvalue weighted by Crippen LogP contribution is 2.27. The van der Waals surface area contributed by atoms with Crippen LogP contribution in [0.3, 0.4) is 0 Å². The van der Waals surface area contributed by atoms with Crippen LogP contribution >= 0.6 is 0 Å². The van der Waals surface area contributed by atoms with Gasteiger partial charge in [0, 0.05) is 6.42 Å². The number of hydrogen-bond acceptors (Lipinski definition) is 4. The zero-order valence-electron chi connectivity index (χ0n) is 12.5. The minimum Gasteiger partial charge on any atom is -0.467 e. The number of aryl methyl sites for hydroxylation is 1. The monoisotopic (exact) mass is 343 g/mol. The maximum atomic E-state index is 12.3. The summed E-state index contributed by atoms with van der Waals surface area (Å²) in [5, 5.41) is 12.3.